The average Bonchev–Trinajstić information content (AvgIpc) is 2.98. The quantitative estimate of drug-likeness (QED) is 0.617. The largest absolute Gasteiger partial charge is 0.383 e. The summed E-state index contributed by atoms with van der Waals surface area (Å²) in [6.45, 7) is 1.43. The Morgan fingerprint density at radius 2 is 2.35 bits per heavy atom. The molecule has 1 amide bonds. The van der Waals surface area contributed by atoms with Gasteiger partial charge in [0.25, 0.3) is 0 Å². The summed E-state index contributed by atoms with van der Waals surface area (Å²) in [5, 5.41) is 19.4. The van der Waals surface area contributed by atoms with Gasteiger partial charge in [-0.2, -0.15) is 5.21 Å². The lowest BCUT2D eigenvalue weighted by Crippen LogP contribution is -2.30. The zero-order valence-electron chi connectivity index (χ0n) is 11.1. The number of aromatic nitrogens is 4. The molecule has 0 saturated heterocycles. The number of nitrogens with zero attached hydrogens (tertiary/aromatic N) is 3. The highest BCUT2D eigenvalue weighted by Gasteiger charge is 2.06. The van der Waals surface area contributed by atoms with Crippen molar-refractivity contribution in [2.24, 2.45) is 0 Å². The molecule has 0 bridgehead atoms. The molecule has 3 N–H and O–H groups in total. The van der Waals surface area contributed by atoms with Crippen molar-refractivity contribution < 1.29 is 9.53 Å². The molecular weight excluding hydrogens is 260 g/mol. The molecule has 1 aromatic heterocycles. The van der Waals surface area contributed by atoms with E-state index >= 15 is 0 Å². The van der Waals surface area contributed by atoms with Gasteiger partial charge < -0.3 is 15.4 Å². The minimum absolute atomic E-state index is 0.119. The Balaban J connectivity index is 1.90. The number of carbonyl (C=O) groups is 1. The van der Waals surface area contributed by atoms with Crippen molar-refractivity contribution in [1.82, 2.24) is 25.9 Å². The topological polar surface area (TPSA) is 105 Å². The van der Waals surface area contributed by atoms with Gasteiger partial charge in [0.05, 0.1) is 13.2 Å². The van der Waals surface area contributed by atoms with Crippen molar-refractivity contribution in [3.63, 3.8) is 0 Å². The van der Waals surface area contributed by atoms with Gasteiger partial charge in [-0.3, -0.25) is 4.79 Å². The minimum atomic E-state index is -0.119. The molecule has 0 unspecified atom stereocenters. The maximum absolute atomic E-state index is 11.7. The number of benzene rings is 1. The monoisotopic (exact) mass is 276 g/mol. The van der Waals surface area contributed by atoms with Crippen LogP contribution in [0.1, 0.15) is 0 Å². The Morgan fingerprint density at radius 3 is 3.10 bits per heavy atom. The van der Waals surface area contributed by atoms with Crippen molar-refractivity contribution in [1.29, 1.82) is 0 Å². The van der Waals surface area contributed by atoms with Gasteiger partial charge in [-0.05, 0) is 17.3 Å². The molecule has 0 radical (unpaired) electrons. The van der Waals surface area contributed by atoms with Crippen LogP contribution in [0.3, 0.4) is 0 Å². The zero-order chi connectivity index (χ0) is 14.2. The van der Waals surface area contributed by atoms with Crippen LogP contribution in [-0.4, -0.2) is 53.3 Å². The predicted octanol–water partition coefficient (Wildman–Crippen LogP) is 0.0412. The number of amides is 1. The summed E-state index contributed by atoms with van der Waals surface area (Å²) in [4.78, 5) is 11.7. The Morgan fingerprint density at radius 1 is 1.45 bits per heavy atom. The molecule has 0 atom stereocenters. The number of carbonyl (C=O) groups excluding carboxylic acids is 1. The molecule has 0 fully saturated rings. The lowest BCUT2D eigenvalue weighted by molar-refractivity contribution is -0.115. The second kappa shape index (κ2) is 7.31. The SMILES string of the molecule is COCCNCC(=O)Nc1cccc(-c2nn[nH]n2)c1. The molecule has 0 aliphatic rings. The molecule has 0 saturated carbocycles. The summed E-state index contributed by atoms with van der Waals surface area (Å²) < 4.78 is 4.88. The summed E-state index contributed by atoms with van der Waals surface area (Å²) >= 11 is 0. The van der Waals surface area contributed by atoms with Gasteiger partial charge in [-0.1, -0.05) is 12.1 Å². The van der Waals surface area contributed by atoms with Crippen molar-refractivity contribution in [3.8, 4) is 11.4 Å². The van der Waals surface area contributed by atoms with Crippen LogP contribution >= 0.6 is 0 Å². The first kappa shape index (κ1) is 14.1. The maximum atomic E-state index is 11.7. The van der Waals surface area contributed by atoms with Crippen LogP contribution in [0.4, 0.5) is 5.69 Å². The molecule has 0 spiro atoms. The molecule has 8 nitrogen and oxygen atoms in total. The molecule has 8 heteroatoms. The number of rotatable bonds is 7. The standard InChI is InChI=1S/C12H16N6O2/c1-20-6-5-13-8-11(19)14-10-4-2-3-9(7-10)12-15-17-18-16-12/h2-4,7,13H,5-6,8H2,1H3,(H,14,19)(H,15,16,17,18). The van der Waals surface area contributed by atoms with Crippen molar-refractivity contribution in [3.05, 3.63) is 24.3 Å². The molecule has 1 aromatic carbocycles. The van der Waals surface area contributed by atoms with E-state index in [0.717, 1.165) is 5.56 Å². The average molecular weight is 276 g/mol. The number of tetrazole rings is 1. The number of methoxy groups -OCH3 is 1. The van der Waals surface area contributed by atoms with Crippen LogP contribution < -0.4 is 10.6 Å². The van der Waals surface area contributed by atoms with Gasteiger partial charge in [-0.15, -0.1) is 10.2 Å². The number of H-pyrrole nitrogens is 1. The molecule has 106 valence electrons. The van der Waals surface area contributed by atoms with Gasteiger partial charge in [0.15, 0.2) is 0 Å². The van der Waals surface area contributed by atoms with Crippen LogP contribution in [0.5, 0.6) is 0 Å². The summed E-state index contributed by atoms with van der Waals surface area (Å²) in [7, 11) is 1.62. The maximum Gasteiger partial charge on any atom is 0.238 e. The van der Waals surface area contributed by atoms with E-state index in [2.05, 4.69) is 31.3 Å². The lowest BCUT2D eigenvalue weighted by Gasteiger charge is -2.07. The minimum Gasteiger partial charge on any atom is -0.383 e. The van der Waals surface area contributed by atoms with E-state index in [1.807, 2.05) is 12.1 Å². The van der Waals surface area contributed by atoms with E-state index < -0.39 is 0 Å². The second-order valence-electron chi connectivity index (χ2n) is 4.03. The predicted molar refractivity (Wildman–Crippen MR) is 73.0 cm³/mol. The number of hydrogen-bond acceptors (Lipinski definition) is 6. The van der Waals surface area contributed by atoms with E-state index in [1.165, 1.54) is 0 Å². The fourth-order valence-electron chi connectivity index (χ4n) is 1.60. The second-order valence-corrected chi connectivity index (χ2v) is 4.03. The van der Waals surface area contributed by atoms with E-state index in [4.69, 9.17) is 4.74 Å². The highest BCUT2D eigenvalue weighted by molar-refractivity contribution is 5.92. The van der Waals surface area contributed by atoms with Crippen molar-refractivity contribution >= 4 is 11.6 Å². The number of nitrogens with one attached hydrogen (secondary N) is 3. The van der Waals surface area contributed by atoms with E-state index in [9.17, 15) is 4.79 Å². The first-order valence-corrected chi connectivity index (χ1v) is 6.13. The Kier molecular flexibility index (Phi) is 5.15. The van der Waals surface area contributed by atoms with Crippen LogP contribution in [0.15, 0.2) is 24.3 Å². The highest BCUT2D eigenvalue weighted by Crippen LogP contribution is 2.17. The van der Waals surface area contributed by atoms with Crippen LogP contribution in [0.25, 0.3) is 11.4 Å². The molecule has 20 heavy (non-hydrogen) atoms. The summed E-state index contributed by atoms with van der Waals surface area (Å²) in [6, 6.07) is 7.26. The molecule has 0 aliphatic carbocycles. The third kappa shape index (κ3) is 4.11. The lowest BCUT2D eigenvalue weighted by atomic mass is 10.2. The third-order valence-corrected chi connectivity index (χ3v) is 2.52. The van der Waals surface area contributed by atoms with Crippen LogP contribution in [0.2, 0.25) is 0 Å². The number of aromatic amines is 1. The summed E-state index contributed by atoms with van der Waals surface area (Å²) in [5.74, 6) is 0.366. The van der Waals surface area contributed by atoms with Gasteiger partial charge >= 0.3 is 0 Å². The van der Waals surface area contributed by atoms with Crippen molar-refractivity contribution in [2.75, 3.05) is 32.1 Å². The first-order valence-electron chi connectivity index (χ1n) is 6.13. The first-order chi connectivity index (χ1) is 9.79. The van der Waals surface area contributed by atoms with Gasteiger partial charge in [0, 0.05) is 24.9 Å². The molecule has 2 aromatic rings. The molecular formula is C12H16N6O2. The fourth-order valence-corrected chi connectivity index (χ4v) is 1.60. The van der Waals surface area contributed by atoms with E-state index in [-0.39, 0.29) is 12.5 Å². The smallest absolute Gasteiger partial charge is 0.238 e. The fraction of sp³-hybridized carbons (Fsp3) is 0.333. The Hall–Kier alpha value is -2.32. The van der Waals surface area contributed by atoms with Crippen LogP contribution in [-0.2, 0) is 9.53 Å². The van der Waals surface area contributed by atoms with Crippen LogP contribution in [0, 0.1) is 0 Å². The number of ether oxygens (including phenoxy) is 1. The normalized spacial score (nSPS) is 10.4. The van der Waals surface area contributed by atoms with Crippen molar-refractivity contribution in [2.45, 2.75) is 0 Å². The summed E-state index contributed by atoms with van der Waals surface area (Å²) in [6.07, 6.45) is 0. The number of hydrogen-bond donors (Lipinski definition) is 3. The molecule has 2 rings (SSSR count). The molecule has 0 aliphatic heterocycles. The van der Waals surface area contributed by atoms with Gasteiger partial charge in [-0.25, -0.2) is 0 Å². The molecule has 1 heterocycles. The van der Waals surface area contributed by atoms with E-state index in [1.54, 1.807) is 19.2 Å². The Bertz CT molecular complexity index is 543. The van der Waals surface area contributed by atoms with Gasteiger partial charge in [0.2, 0.25) is 11.7 Å². The summed E-state index contributed by atoms with van der Waals surface area (Å²) in [5.41, 5.74) is 1.47. The zero-order valence-corrected chi connectivity index (χ0v) is 11.1. The Labute approximate surface area is 115 Å². The third-order valence-electron chi connectivity index (χ3n) is 2.52. The number of anilines is 1. The highest BCUT2D eigenvalue weighted by atomic mass is 16.5. The van der Waals surface area contributed by atoms with E-state index in [0.29, 0.717) is 24.7 Å². The van der Waals surface area contributed by atoms with Gasteiger partial charge in [0.1, 0.15) is 0 Å².